The summed E-state index contributed by atoms with van der Waals surface area (Å²) < 4.78 is 5.67. The predicted octanol–water partition coefficient (Wildman–Crippen LogP) is 2.59. The first-order valence-electron chi connectivity index (χ1n) is 6.51. The Hall–Kier alpha value is -2.33. The number of ether oxygens (including phenoxy) is 1. The first-order chi connectivity index (χ1) is 9.79. The number of aliphatic hydroxyl groups is 1. The van der Waals surface area contributed by atoms with Gasteiger partial charge in [-0.15, -0.1) is 0 Å². The van der Waals surface area contributed by atoms with Crippen LogP contribution in [0.5, 0.6) is 11.5 Å². The molecule has 0 spiro atoms. The third-order valence-corrected chi connectivity index (χ3v) is 2.70. The van der Waals surface area contributed by atoms with Crippen LogP contribution in [0.3, 0.4) is 0 Å². The van der Waals surface area contributed by atoms with E-state index in [9.17, 15) is 4.79 Å². The van der Waals surface area contributed by atoms with Crippen molar-refractivity contribution in [1.29, 1.82) is 0 Å². The summed E-state index contributed by atoms with van der Waals surface area (Å²) >= 11 is 0. The molecule has 0 fully saturated rings. The molecule has 0 unspecified atom stereocenters. The summed E-state index contributed by atoms with van der Waals surface area (Å²) in [5.41, 5.74) is 0.538. The van der Waals surface area contributed by atoms with Crippen LogP contribution >= 0.6 is 0 Å². The molecule has 0 radical (unpaired) electrons. The Morgan fingerprint density at radius 3 is 2.55 bits per heavy atom. The maximum absolute atomic E-state index is 11.9. The van der Waals surface area contributed by atoms with E-state index in [0.29, 0.717) is 24.3 Å². The summed E-state index contributed by atoms with van der Waals surface area (Å²) in [6.45, 7) is 0.524. The number of benzene rings is 2. The lowest BCUT2D eigenvalue weighted by Gasteiger charge is -2.08. The Kier molecular flexibility index (Phi) is 5.15. The van der Waals surface area contributed by atoms with Gasteiger partial charge in [0.05, 0.1) is 0 Å². The van der Waals surface area contributed by atoms with Crippen molar-refractivity contribution in [2.45, 2.75) is 6.42 Å². The standard InChI is InChI=1S/C16H17NO3/c18-11-5-10-17-16(19)13-6-4-9-15(12-13)20-14-7-2-1-3-8-14/h1-4,6-9,12,18H,5,10-11H2,(H,17,19). The highest BCUT2D eigenvalue weighted by Crippen LogP contribution is 2.21. The third kappa shape index (κ3) is 4.10. The number of hydrogen-bond acceptors (Lipinski definition) is 3. The highest BCUT2D eigenvalue weighted by atomic mass is 16.5. The van der Waals surface area contributed by atoms with Gasteiger partial charge in [0.2, 0.25) is 0 Å². The van der Waals surface area contributed by atoms with Crippen molar-refractivity contribution < 1.29 is 14.6 Å². The molecule has 0 aliphatic heterocycles. The van der Waals surface area contributed by atoms with Gasteiger partial charge in [-0.05, 0) is 36.8 Å². The molecule has 2 rings (SSSR count). The van der Waals surface area contributed by atoms with Crippen molar-refractivity contribution in [3.05, 3.63) is 60.2 Å². The monoisotopic (exact) mass is 271 g/mol. The maximum Gasteiger partial charge on any atom is 0.251 e. The first-order valence-corrected chi connectivity index (χ1v) is 6.51. The van der Waals surface area contributed by atoms with Crippen LogP contribution in [-0.2, 0) is 0 Å². The molecule has 0 aromatic heterocycles. The molecule has 0 heterocycles. The summed E-state index contributed by atoms with van der Waals surface area (Å²) in [5, 5.41) is 11.4. The topological polar surface area (TPSA) is 58.6 Å². The van der Waals surface area contributed by atoms with Gasteiger partial charge in [0.15, 0.2) is 0 Å². The molecule has 1 amide bonds. The maximum atomic E-state index is 11.9. The molecule has 0 aliphatic rings. The minimum absolute atomic E-state index is 0.0669. The zero-order chi connectivity index (χ0) is 14.2. The van der Waals surface area contributed by atoms with Gasteiger partial charge in [0.25, 0.3) is 5.91 Å². The van der Waals surface area contributed by atoms with E-state index in [-0.39, 0.29) is 12.5 Å². The van der Waals surface area contributed by atoms with Gasteiger partial charge in [-0.3, -0.25) is 4.79 Å². The SMILES string of the molecule is O=C(NCCCO)c1cccc(Oc2ccccc2)c1. The number of hydrogen-bond donors (Lipinski definition) is 2. The van der Waals surface area contributed by atoms with Crippen LogP contribution in [0.25, 0.3) is 0 Å². The second-order valence-corrected chi connectivity index (χ2v) is 4.28. The number of amides is 1. The number of nitrogens with one attached hydrogen (secondary N) is 1. The lowest BCUT2D eigenvalue weighted by molar-refractivity contribution is 0.0951. The van der Waals surface area contributed by atoms with E-state index in [2.05, 4.69) is 5.32 Å². The molecule has 2 aromatic carbocycles. The quantitative estimate of drug-likeness (QED) is 0.794. The lowest BCUT2D eigenvalue weighted by atomic mass is 10.2. The average Bonchev–Trinajstić information content (AvgIpc) is 2.49. The number of rotatable bonds is 6. The molecule has 0 saturated heterocycles. The molecule has 0 atom stereocenters. The normalized spacial score (nSPS) is 10.1. The summed E-state index contributed by atoms with van der Waals surface area (Å²) in [4.78, 5) is 11.9. The number of aliphatic hydroxyl groups excluding tert-OH is 1. The van der Waals surface area contributed by atoms with Gasteiger partial charge >= 0.3 is 0 Å². The first kappa shape index (κ1) is 14.1. The minimum atomic E-state index is -0.169. The Morgan fingerprint density at radius 2 is 1.80 bits per heavy atom. The fourth-order valence-electron chi connectivity index (χ4n) is 1.71. The van der Waals surface area contributed by atoms with E-state index in [1.165, 1.54) is 0 Å². The second kappa shape index (κ2) is 7.31. The summed E-state index contributed by atoms with van der Waals surface area (Å²) in [7, 11) is 0. The van der Waals surface area contributed by atoms with E-state index in [0.717, 1.165) is 5.75 Å². The zero-order valence-electron chi connectivity index (χ0n) is 11.1. The van der Waals surface area contributed by atoms with Gasteiger partial charge < -0.3 is 15.2 Å². The molecular formula is C16H17NO3. The molecule has 0 bridgehead atoms. The smallest absolute Gasteiger partial charge is 0.251 e. The Balaban J connectivity index is 2.02. The van der Waals surface area contributed by atoms with Crippen molar-refractivity contribution in [3.63, 3.8) is 0 Å². The van der Waals surface area contributed by atoms with E-state index >= 15 is 0 Å². The molecule has 2 N–H and O–H groups in total. The zero-order valence-corrected chi connectivity index (χ0v) is 11.1. The third-order valence-electron chi connectivity index (χ3n) is 2.70. The van der Waals surface area contributed by atoms with Crippen LogP contribution in [0.15, 0.2) is 54.6 Å². The van der Waals surface area contributed by atoms with E-state index < -0.39 is 0 Å². The van der Waals surface area contributed by atoms with Crippen LogP contribution in [0.1, 0.15) is 16.8 Å². The van der Waals surface area contributed by atoms with Crippen molar-refractivity contribution in [1.82, 2.24) is 5.32 Å². The van der Waals surface area contributed by atoms with Crippen molar-refractivity contribution >= 4 is 5.91 Å². The highest BCUT2D eigenvalue weighted by Gasteiger charge is 2.06. The van der Waals surface area contributed by atoms with Crippen LogP contribution in [0.2, 0.25) is 0 Å². The second-order valence-electron chi connectivity index (χ2n) is 4.28. The van der Waals surface area contributed by atoms with E-state index in [1.54, 1.807) is 24.3 Å². The number of carbonyl (C=O) groups excluding carboxylic acids is 1. The van der Waals surface area contributed by atoms with E-state index in [4.69, 9.17) is 9.84 Å². The number of carbonyl (C=O) groups is 1. The Morgan fingerprint density at radius 1 is 1.05 bits per heavy atom. The molecular weight excluding hydrogens is 254 g/mol. The summed E-state index contributed by atoms with van der Waals surface area (Å²) in [5.74, 6) is 1.17. The van der Waals surface area contributed by atoms with Crippen molar-refractivity contribution in [2.24, 2.45) is 0 Å². The molecule has 2 aromatic rings. The molecule has 0 saturated carbocycles. The van der Waals surface area contributed by atoms with Crippen LogP contribution < -0.4 is 10.1 Å². The molecule has 20 heavy (non-hydrogen) atoms. The van der Waals surface area contributed by atoms with Crippen LogP contribution in [0.4, 0.5) is 0 Å². The molecule has 0 aliphatic carbocycles. The van der Waals surface area contributed by atoms with Crippen molar-refractivity contribution in [3.8, 4) is 11.5 Å². The van der Waals surface area contributed by atoms with Gasteiger partial charge in [0, 0.05) is 18.7 Å². The van der Waals surface area contributed by atoms with Gasteiger partial charge in [-0.2, -0.15) is 0 Å². The highest BCUT2D eigenvalue weighted by molar-refractivity contribution is 5.94. The molecule has 4 heteroatoms. The minimum Gasteiger partial charge on any atom is -0.457 e. The van der Waals surface area contributed by atoms with Gasteiger partial charge in [0.1, 0.15) is 11.5 Å². The average molecular weight is 271 g/mol. The summed E-state index contributed by atoms with van der Waals surface area (Å²) in [6, 6.07) is 16.4. The van der Waals surface area contributed by atoms with Gasteiger partial charge in [-0.1, -0.05) is 24.3 Å². The summed E-state index contributed by atoms with van der Waals surface area (Å²) in [6.07, 6.45) is 0.548. The van der Waals surface area contributed by atoms with Gasteiger partial charge in [-0.25, -0.2) is 0 Å². The van der Waals surface area contributed by atoms with Crippen LogP contribution in [0, 0.1) is 0 Å². The van der Waals surface area contributed by atoms with Crippen LogP contribution in [-0.4, -0.2) is 24.2 Å². The fourth-order valence-corrected chi connectivity index (χ4v) is 1.71. The molecule has 4 nitrogen and oxygen atoms in total. The predicted molar refractivity (Wildman–Crippen MR) is 77.0 cm³/mol. The largest absolute Gasteiger partial charge is 0.457 e. The Bertz CT molecular complexity index is 555. The van der Waals surface area contributed by atoms with Crippen molar-refractivity contribution in [2.75, 3.05) is 13.2 Å². The van der Waals surface area contributed by atoms with E-state index in [1.807, 2.05) is 30.3 Å². The molecule has 104 valence electrons. The fraction of sp³-hybridized carbons (Fsp3) is 0.188. The number of para-hydroxylation sites is 1. The lowest BCUT2D eigenvalue weighted by Crippen LogP contribution is -2.24. The Labute approximate surface area is 118 Å².